The fourth-order valence-electron chi connectivity index (χ4n) is 2.58. The van der Waals surface area contributed by atoms with Gasteiger partial charge in [0, 0.05) is 25.2 Å². The van der Waals surface area contributed by atoms with Crippen molar-refractivity contribution in [3.05, 3.63) is 0 Å². The minimum absolute atomic E-state index is 0.310. The van der Waals surface area contributed by atoms with E-state index in [2.05, 4.69) is 36.6 Å². The van der Waals surface area contributed by atoms with E-state index in [9.17, 15) is 4.79 Å². The highest BCUT2D eigenvalue weighted by molar-refractivity contribution is 5.67. The zero-order valence-electron chi connectivity index (χ0n) is 14.5. The maximum atomic E-state index is 11.7. The molecule has 124 valence electrons. The van der Waals surface area contributed by atoms with Gasteiger partial charge in [-0.15, -0.1) is 0 Å². The number of hydrogen-bond donors (Lipinski definition) is 2. The highest BCUT2D eigenvalue weighted by atomic mass is 16.6. The number of amides is 1. The first kappa shape index (κ1) is 18.2. The molecular formula is C16H33N3O2. The molecule has 0 saturated heterocycles. The standard InChI is InChI=1S/C16H33N3O2/c1-12(19(5)6)10-17-14-9-7-8-13(14)11-18-15(20)21-16(2,3)4/h12-14,17H,7-11H2,1-6H3,(H,18,20). The summed E-state index contributed by atoms with van der Waals surface area (Å²) in [5.41, 5.74) is -0.432. The van der Waals surface area contributed by atoms with Crippen molar-refractivity contribution in [1.82, 2.24) is 15.5 Å². The zero-order chi connectivity index (χ0) is 16.0. The van der Waals surface area contributed by atoms with Crippen LogP contribution in [0, 0.1) is 5.92 Å². The Kier molecular flexibility index (Phi) is 6.94. The third-order valence-electron chi connectivity index (χ3n) is 4.12. The lowest BCUT2D eigenvalue weighted by Gasteiger charge is -2.26. The van der Waals surface area contributed by atoms with Gasteiger partial charge in [0.15, 0.2) is 0 Å². The number of ether oxygens (including phenoxy) is 1. The van der Waals surface area contributed by atoms with Crippen LogP contribution in [-0.4, -0.2) is 55.9 Å². The van der Waals surface area contributed by atoms with Crippen LogP contribution in [-0.2, 0) is 4.74 Å². The van der Waals surface area contributed by atoms with Crippen molar-refractivity contribution < 1.29 is 9.53 Å². The molecule has 21 heavy (non-hydrogen) atoms. The Balaban J connectivity index is 2.32. The fraction of sp³-hybridized carbons (Fsp3) is 0.938. The summed E-state index contributed by atoms with van der Waals surface area (Å²) in [6, 6.07) is 1.02. The quantitative estimate of drug-likeness (QED) is 0.789. The Morgan fingerprint density at radius 3 is 2.57 bits per heavy atom. The van der Waals surface area contributed by atoms with Crippen LogP contribution in [0.3, 0.4) is 0 Å². The second-order valence-corrected chi connectivity index (χ2v) is 7.40. The highest BCUT2D eigenvalue weighted by Crippen LogP contribution is 2.25. The van der Waals surface area contributed by atoms with E-state index in [1.807, 2.05) is 20.8 Å². The second kappa shape index (κ2) is 7.99. The van der Waals surface area contributed by atoms with Gasteiger partial charge in [0.05, 0.1) is 0 Å². The molecule has 1 saturated carbocycles. The lowest BCUT2D eigenvalue weighted by Crippen LogP contribution is -2.44. The Morgan fingerprint density at radius 1 is 1.33 bits per heavy atom. The summed E-state index contributed by atoms with van der Waals surface area (Å²) >= 11 is 0. The van der Waals surface area contributed by atoms with Crippen molar-refractivity contribution >= 4 is 6.09 Å². The van der Waals surface area contributed by atoms with E-state index >= 15 is 0 Å². The lowest BCUT2D eigenvalue weighted by molar-refractivity contribution is 0.0517. The molecule has 0 aromatic rings. The minimum atomic E-state index is -0.432. The average molecular weight is 299 g/mol. The van der Waals surface area contributed by atoms with Crippen molar-refractivity contribution in [2.45, 2.75) is 64.6 Å². The van der Waals surface area contributed by atoms with Crippen molar-refractivity contribution in [2.24, 2.45) is 5.92 Å². The highest BCUT2D eigenvalue weighted by Gasteiger charge is 2.28. The van der Waals surface area contributed by atoms with Gasteiger partial charge >= 0.3 is 6.09 Å². The van der Waals surface area contributed by atoms with Crippen molar-refractivity contribution in [2.75, 3.05) is 27.2 Å². The minimum Gasteiger partial charge on any atom is -0.444 e. The summed E-state index contributed by atoms with van der Waals surface area (Å²) in [6.07, 6.45) is 3.29. The molecular weight excluding hydrogens is 266 g/mol. The molecule has 0 radical (unpaired) electrons. The van der Waals surface area contributed by atoms with Gasteiger partial charge in [-0.2, -0.15) is 0 Å². The molecule has 5 nitrogen and oxygen atoms in total. The maximum absolute atomic E-state index is 11.7. The number of carbonyl (C=O) groups excluding carboxylic acids is 1. The van der Waals surface area contributed by atoms with Gasteiger partial charge in [0.2, 0.25) is 0 Å². The van der Waals surface area contributed by atoms with Crippen LogP contribution >= 0.6 is 0 Å². The molecule has 0 bridgehead atoms. The van der Waals surface area contributed by atoms with E-state index in [0.717, 1.165) is 6.54 Å². The van der Waals surface area contributed by atoms with Crippen LogP contribution in [0.2, 0.25) is 0 Å². The SMILES string of the molecule is CC(CNC1CCCC1CNC(=O)OC(C)(C)C)N(C)C. The van der Waals surface area contributed by atoms with Gasteiger partial charge in [-0.25, -0.2) is 4.79 Å². The fourth-order valence-corrected chi connectivity index (χ4v) is 2.58. The Labute approximate surface area is 129 Å². The first-order valence-electron chi connectivity index (χ1n) is 8.05. The predicted octanol–water partition coefficient (Wildman–Crippen LogP) is 2.22. The molecule has 3 atom stereocenters. The Bertz CT molecular complexity index is 326. The molecule has 1 rings (SSSR count). The number of nitrogens with zero attached hydrogens (tertiary/aromatic N) is 1. The first-order valence-corrected chi connectivity index (χ1v) is 8.05. The van der Waals surface area contributed by atoms with Crippen LogP contribution < -0.4 is 10.6 Å². The summed E-state index contributed by atoms with van der Waals surface area (Å²) in [6.45, 7) is 9.55. The molecule has 3 unspecified atom stereocenters. The maximum Gasteiger partial charge on any atom is 0.407 e. The summed E-state index contributed by atoms with van der Waals surface area (Å²) in [4.78, 5) is 13.9. The predicted molar refractivity (Wildman–Crippen MR) is 86.5 cm³/mol. The monoisotopic (exact) mass is 299 g/mol. The summed E-state index contributed by atoms with van der Waals surface area (Å²) < 4.78 is 5.29. The number of hydrogen-bond acceptors (Lipinski definition) is 4. The molecule has 0 aliphatic heterocycles. The van der Waals surface area contributed by atoms with Crippen LogP contribution in [0.4, 0.5) is 4.79 Å². The lowest BCUT2D eigenvalue weighted by atomic mass is 10.0. The molecule has 2 N–H and O–H groups in total. The number of rotatable bonds is 6. The molecule has 1 aliphatic rings. The Hall–Kier alpha value is -0.810. The molecule has 0 aromatic carbocycles. The van der Waals surface area contributed by atoms with Crippen molar-refractivity contribution in [3.63, 3.8) is 0 Å². The van der Waals surface area contributed by atoms with Gasteiger partial charge in [0.1, 0.15) is 5.60 Å². The first-order chi connectivity index (χ1) is 9.69. The third kappa shape index (κ3) is 7.14. The molecule has 1 amide bonds. The largest absolute Gasteiger partial charge is 0.444 e. The van der Waals surface area contributed by atoms with Crippen LogP contribution in [0.1, 0.15) is 47.0 Å². The zero-order valence-corrected chi connectivity index (χ0v) is 14.5. The second-order valence-electron chi connectivity index (χ2n) is 7.40. The number of carbonyl (C=O) groups is 1. The number of nitrogens with one attached hydrogen (secondary N) is 2. The van der Waals surface area contributed by atoms with Gasteiger partial charge < -0.3 is 20.3 Å². The molecule has 5 heteroatoms. The van der Waals surface area contributed by atoms with Crippen LogP contribution in [0.5, 0.6) is 0 Å². The normalized spacial score (nSPS) is 24.1. The smallest absolute Gasteiger partial charge is 0.407 e. The molecule has 0 spiro atoms. The van der Waals surface area contributed by atoms with E-state index in [1.54, 1.807) is 0 Å². The molecule has 0 aromatic heterocycles. The van der Waals surface area contributed by atoms with Crippen LogP contribution in [0.25, 0.3) is 0 Å². The Morgan fingerprint density at radius 2 is 2.00 bits per heavy atom. The van der Waals surface area contributed by atoms with E-state index in [-0.39, 0.29) is 6.09 Å². The van der Waals surface area contributed by atoms with Crippen molar-refractivity contribution in [3.8, 4) is 0 Å². The van der Waals surface area contributed by atoms with Crippen LogP contribution in [0.15, 0.2) is 0 Å². The number of likely N-dealkylation sites (N-methyl/N-ethyl adjacent to an activating group) is 1. The van der Waals surface area contributed by atoms with Gasteiger partial charge in [-0.3, -0.25) is 0 Å². The van der Waals surface area contributed by atoms with Crippen molar-refractivity contribution in [1.29, 1.82) is 0 Å². The van der Waals surface area contributed by atoms with E-state index in [4.69, 9.17) is 4.74 Å². The van der Waals surface area contributed by atoms with E-state index in [1.165, 1.54) is 19.3 Å². The average Bonchev–Trinajstić information content (AvgIpc) is 2.78. The van der Waals surface area contributed by atoms with Gasteiger partial charge in [-0.1, -0.05) is 6.42 Å². The summed E-state index contributed by atoms with van der Waals surface area (Å²) in [5, 5.41) is 6.56. The third-order valence-corrected chi connectivity index (χ3v) is 4.12. The molecule has 1 fully saturated rings. The molecule has 1 aliphatic carbocycles. The van der Waals surface area contributed by atoms with E-state index in [0.29, 0.717) is 24.5 Å². The summed E-state index contributed by atoms with van der Waals surface area (Å²) in [5.74, 6) is 0.506. The summed E-state index contributed by atoms with van der Waals surface area (Å²) in [7, 11) is 4.20. The molecule has 0 heterocycles. The van der Waals surface area contributed by atoms with Gasteiger partial charge in [-0.05, 0) is 60.5 Å². The van der Waals surface area contributed by atoms with E-state index < -0.39 is 5.60 Å². The topological polar surface area (TPSA) is 53.6 Å². The number of alkyl carbamates (subject to hydrolysis) is 1. The van der Waals surface area contributed by atoms with Gasteiger partial charge in [0.25, 0.3) is 0 Å².